The second kappa shape index (κ2) is 8.44. The maximum absolute atomic E-state index is 9.76. The van der Waals surface area contributed by atoms with Crippen molar-refractivity contribution >= 4 is 0 Å². The third-order valence-electron chi connectivity index (χ3n) is 4.11. The molecule has 0 aliphatic carbocycles. The van der Waals surface area contributed by atoms with E-state index in [4.69, 9.17) is 4.74 Å². The lowest BCUT2D eigenvalue weighted by Crippen LogP contribution is -2.45. The quantitative estimate of drug-likeness (QED) is 0.784. The summed E-state index contributed by atoms with van der Waals surface area (Å²) in [5.74, 6) is 0. The maximum atomic E-state index is 9.76. The summed E-state index contributed by atoms with van der Waals surface area (Å²) in [5.41, 5.74) is 2.38. The number of piperidine rings is 1. The summed E-state index contributed by atoms with van der Waals surface area (Å²) in [6.45, 7) is 6.13. The highest BCUT2D eigenvalue weighted by Gasteiger charge is 2.20. The van der Waals surface area contributed by atoms with Crippen LogP contribution in [-0.2, 0) is 11.3 Å². The Bertz CT molecular complexity index is 420. The van der Waals surface area contributed by atoms with E-state index in [9.17, 15) is 5.11 Å². The molecule has 1 saturated heterocycles. The monoisotopic (exact) mass is 293 g/mol. The van der Waals surface area contributed by atoms with Crippen LogP contribution in [0.1, 0.15) is 24.1 Å². The number of nitrogens with one attached hydrogen (secondary N) is 1. The fourth-order valence-electron chi connectivity index (χ4n) is 2.82. The molecule has 5 heteroatoms. The zero-order valence-corrected chi connectivity index (χ0v) is 13.1. The van der Waals surface area contributed by atoms with E-state index in [0.29, 0.717) is 19.2 Å². The van der Waals surface area contributed by atoms with Crippen molar-refractivity contribution in [3.8, 4) is 0 Å². The number of hydrogen-bond donors (Lipinski definition) is 2. The lowest BCUT2D eigenvalue weighted by atomic mass is 10.0. The number of aliphatic hydroxyl groups is 1. The van der Waals surface area contributed by atoms with Crippen molar-refractivity contribution in [3.63, 3.8) is 0 Å². The van der Waals surface area contributed by atoms with Crippen LogP contribution in [0.4, 0.5) is 0 Å². The lowest BCUT2D eigenvalue weighted by molar-refractivity contribution is 0.0310. The maximum Gasteiger partial charge on any atom is 0.0900 e. The Balaban J connectivity index is 1.68. The van der Waals surface area contributed by atoms with Crippen molar-refractivity contribution < 1.29 is 9.84 Å². The number of nitrogens with zero attached hydrogens (tertiary/aromatic N) is 2. The standard InChI is InChI=1S/C16H27N3O2/c1-13-14(4-3-7-17-13)10-18-15-5-8-19(9-6-15)11-16(20)12-21-2/h3-4,7,15-16,18,20H,5-6,8-12H2,1-2H3. The summed E-state index contributed by atoms with van der Waals surface area (Å²) >= 11 is 0. The van der Waals surface area contributed by atoms with Gasteiger partial charge in [-0.15, -0.1) is 0 Å². The van der Waals surface area contributed by atoms with Gasteiger partial charge in [0.2, 0.25) is 0 Å². The smallest absolute Gasteiger partial charge is 0.0900 e. The highest BCUT2D eigenvalue weighted by Crippen LogP contribution is 2.12. The van der Waals surface area contributed by atoms with Gasteiger partial charge >= 0.3 is 0 Å². The van der Waals surface area contributed by atoms with Gasteiger partial charge in [0.15, 0.2) is 0 Å². The molecule has 0 amide bonds. The third-order valence-corrected chi connectivity index (χ3v) is 4.11. The molecule has 1 fully saturated rings. The first-order valence-electron chi connectivity index (χ1n) is 7.72. The van der Waals surface area contributed by atoms with Crippen molar-refractivity contribution in [1.29, 1.82) is 0 Å². The van der Waals surface area contributed by atoms with Crippen molar-refractivity contribution in [2.75, 3.05) is 33.4 Å². The van der Waals surface area contributed by atoms with Gasteiger partial charge in [-0.25, -0.2) is 0 Å². The first-order valence-corrected chi connectivity index (χ1v) is 7.72. The topological polar surface area (TPSA) is 57.6 Å². The summed E-state index contributed by atoms with van der Waals surface area (Å²) in [6.07, 6.45) is 3.71. The second-order valence-electron chi connectivity index (χ2n) is 5.81. The predicted octanol–water partition coefficient (Wildman–Crippen LogP) is 0.951. The summed E-state index contributed by atoms with van der Waals surface area (Å²) in [5, 5.41) is 13.4. The van der Waals surface area contributed by atoms with Crippen LogP contribution in [0.5, 0.6) is 0 Å². The fourth-order valence-corrected chi connectivity index (χ4v) is 2.82. The minimum absolute atomic E-state index is 0.377. The molecule has 0 saturated carbocycles. The molecule has 2 rings (SSSR count). The number of likely N-dealkylation sites (tertiary alicyclic amines) is 1. The molecule has 2 heterocycles. The Morgan fingerprint density at radius 3 is 2.90 bits per heavy atom. The number of methoxy groups -OCH3 is 1. The van der Waals surface area contributed by atoms with Crippen LogP contribution in [0.15, 0.2) is 18.3 Å². The van der Waals surface area contributed by atoms with Crippen LogP contribution in [0.25, 0.3) is 0 Å². The van der Waals surface area contributed by atoms with Crippen LogP contribution >= 0.6 is 0 Å². The zero-order valence-electron chi connectivity index (χ0n) is 13.1. The molecule has 0 bridgehead atoms. The van der Waals surface area contributed by atoms with E-state index in [1.165, 1.54) is 5.56 Å². The summed E-state index contributed by atoms with van der Waals surface area (Å²) < 4.78 is 4.97. The molecule has 0 radical (unpaired) electrons. The van der Waals surface area contributed by atoms with Crippen molar-refractivity contribution in [1.82, 2.24) is 15.2 Å². The number of ether oxygens (including phenoxy) is 1. The number of aromatic nitrogens is 1. The van der Waals surface area contributed by atoms with Gasteiger partial charge in [-0.05, 0) is 44.5 Å². The normalized spacial score (nSPS) is 18.8. The molecule has 1 aromatic rings. The molecule has 1 aliphatic rings. The van der Waals surface area contributed by atoms with Crippen LogP contribution in [0.2, 0.25) is 0 Å². The van der Waals surface area contributed by atoms with Crippen LogP contribution in [-0.4, -0.2) is 60.5 Å². The van der Waals surface area contributed by atoms with E-state index >= 15 is 0 Å². The Hall–Kier alpha value is -1.01. The van der Waals surface area contributed by atoms with E-state index < -0.39 is 0 Å². The van der Waals surface area contributed by atoms with Gasteiger partial charge in [0.1, 0.15) is 0 Å². The predicted molar refractivity (Wildman–Crippen MR) is 83.2 cm³/mol. The molecular formula is C16H27N3O2. The molecule has 0 aromatic carbocycles. The third kappa shape index (κ3) is 5.36. The molecule has 1 atom stereocenters. The summed E-state index contributed by atoms with van der Waals surface area (Å²) in [6, 6.07) is 4.68. The fraction of sp³-hybridized carbons (Fsp3) is 0.688. The van der Waals surface area contributed by atoms with Gasteiger partial charge in [-0.3, -0.25) is 4.98 Å². The lowest BCUT2D eigenvalue weighted by Gasteiger charge is -2.33. The van der Waals surface area contributed by atoms with Gasteiger partial charge in [0.25, 0.3) is 0 Å². The average molecular weight is 293 g/mol. The molecule has 0 spiro atoms. The highest BCUT2D eigenvalue weighted by molar-refractivity contribution is 5.17. The molecule has 1 aromatic heterocycles. The van der Waals surface area contributed by atoms with E-state index in [0.717, 1.165) is 38.2 Å². The van der Waals surface area contributed by atoms with E-state index in [1.54, 1.807) is 7.11 Å². The van der Waals surface area contributed by atoms with Crippen LogP contribution < -0.4 is 5.32 Å². The summed E-state index contributed by atoms with van der Waals surface area (Å²) in [4.78, 5) is 6.63. The molecule has 118 valence electrons. The van der Waals surface area contributed by atoms with Gasteiger partial charge in [0, 0.05) is 38.1 Å². The van der Waals surface area contributed by atoms with Gasteiger partial charge in [-0.2, -0.15) is 0 Å². The summed E-state index contributed by atoms with van der Waals surface area (Å²) in [7, 11) is 1.62. The van der Waals surface area contributed by atoms with Crippen molar-refractivity contribution in [2.45, 2.75) is 38.5 Å². The number of pyridine rings is 1. The Labute approximate surface area is 127 Å². The van der Waals surface area contributed by atoms with Crippen molar-refractivity contribution in [3.05, 3.63) is 29.6 Å². The van der Waals surface area contributed by atoms with Gasteiger partial charge in [0.05, 0.1) is 12.7 Å². The molecule has 1 aliphatic heterocycles. The second-order valence-corrected chi connectivity index (χ2v) is 5.81. The van der Waals surface area contributed by atoms with Crippen molar-refractivity contribution in [2.24, 2.45) is 0 Å². The first kappa shape index (κ1) is 16.4. The first-order chi connectivity index (χ1) is 10.2. The van der Waals surface area contributed by atoms with E-state index in [-0.39, 0.29) is 6.10 Å². The molecule has 5 nitrogen and oxygen atoms in total. The molecular weight excluding hydrogens is 266 g/mol. The zero-order chi connectivity index (χ0) is 15.1. The number of hydrogen-bond acceptors (Lipinski definition) is 5. The molecule has 2 N–H and O–H groups in total. The highest BCUT2D eigenvalue weighted by atomic mass is 16.5. The molecule has 1 unspecified atom stereocenters. The number of aryl methyl sites for hydroxylation is 1. The molecule has 21 heavy (non-hydrogen) atoms. The van der Waals surface area contributed by atoms with E-state index in [1.807, 2.05) is 12.3 Å². The minimum atomic E-state index is -0.377. The number of rotatable bonds is 7. The number of β-amino-alcohol motifs (C(OH)–C–C–N with tert-alkyl or cyclic N) is 1. The average Bonchev–Trinajstić information content (AvgIpc) is 2.48. The SMILES string of the molecule is COCC(O)CN1CCC(NCc2cccnc2C)CC1. The number of aliphatic hydroxyl groups excluding tert-OH is 1. The van der Waals surface area contributed by atoms with Gasteiger partial charge in [-0.1, -0.05) is 6.07 Å². The minimum Gasteiger partial charge on any atom is -0.389 e. The Morgan fingerprint density at radius 2 is 2.24 bits per heavy atom. The Kier molecular flexibility index (Phi) is 6.57. The van der Waals surface area contributed by atoms with Gasteiger partial charge < -0.3 is 20.1 Å². The Morgan fingerprint density at radius 1 is 1.48 bits per heavy atom. The van der Waals surface area contributed by atoms with Crippen LogP contribution in [0, 0.1) is 6.92 Å². The van der Waals surface area contributed by atoms with E-state index in [2.05, 4.69) is 28.2 Å². The largest absolute Gasteiger partial charge is 0.389 e. The van der Waals surface area contributed by atoms with Crippen LogP contribution in [0.3, 0.4) is 0 Å².